The number of benzene rings is 3. The molecule has 4 rings (SSSR count). The standard InChI is InChI=1S/C23H17NO/c1-16(25)19-12-13-22-20(14-19)23(18-10-6-3-7-11-18)21(15-24-22)17-8-4-2-5-9-17/h2-15H,1H3. The van der Waals surface area contributed by atoms with Crippen LogP contribution < -0.4 is 0 Å². The highest BCUT2D eigenvalue weighted by Gasteiger charge is 2.14. The average Bonchev–Trinajstić information content (AvgIpc) is 2.68. The van der Waals surface area contributed by atoms with E-state index in [1.165, 1.54) is 0 Å². The van der Waals surface area contributed by atoms with Crippen molar-refractivity contribution in [2.75, 3.05) is 0 Å². The normalized spacial score (nSPS) is 10.8. The van der Waals surface area contributed by atoms with Crippen LogP contribution in [0.1, 0.15) is 17.3 Å². The van der Waals surface area contributed by atoms with Crippen molar-refractivity contribution in [3.63, 3.8) is 0 Å². The van der Waals surface area contributed by atoms with E-state index < -0.39 is 0 Å². The van der Waals surface area contributed by atoms with Crippen molar-refractivity contribution in [1.29, 1.82) is 0 Å². The third-order valence-corrected chi connectivity index (χ3v) is 4.42. The number of carbonyl (C=O) groups is 1. The number of ketones is 1. The van der Waals surface area contributed by atoms with E-state index in [1.54, 1.807) is 6.92 Å². The van der Waals surface area contributed by atoms with Gasteiger partial charge in [0.05, 0.1) is 5.52 Å². The predicted octanol–water partition coefficient (Wildman–Crippen LogP) is 5.77. The van der Waals surface area contributed by atoms with Crippen LogP contribution in [0.3, 0.4) is 0 Å². The zero-order chi connectivity index (χ0) is 17.2. The summed E-state index contributed by atoms with van der Waals surface area (Å²) in [4.78, 5) is 16.5. The quantitative estimate of drug-likeness (QED) is 0.448. The molecule has 0 bridgehead atoms. The molecule has 1 aromatic heterocycles. The minimum Gasteiger partial charge on any atom is -0.295 e. The van der Waals surface area contributed by atoms with Crippen molar-refractivity contribution in [3.8, 4) is 22.3 Å². The van der Waals surface area contributed by atoms with Crippen LogP contribution >= 0.6 is 0 Å². The van der Waals surface area contributed by atoms with Crippen molar-refractivity contribution >= 4 is 16.7 Å². The highest BCUT2D eigenvalue weighted by atomic mass is 16.1. The zero-order valence-electron chi connectivity index (χ0n) is 13.9. The Balaban J connectivity index is 2.10. The van der Waals surface area contributed by atoms with E-state index in [2.05, 4.69) is 29.2 Å². The lowest BCUT2D eigenvalue weighted by atomic mass is 9.91. The van der Waals surface area contributed by atoms with Gasteiger partial charge < -0.3 is 0 Å². The summed E-state index contributed by atoms with van der Waals surface area (Å²) in [6, 6.07) is 26.2. The summed E-state index contributed by atoms with van der Waals surface area (Å²) in [6.07, 6.45) is 1.92. The van der Waals surface area contributed by atoms with Crippen LogP contribution in [0.4, 0.5) is 0 Å². The topological polar surface area (TPSA) is 30.0 Å². The van der Waals surface area contributed by atoms with Gasteiger partial charge in [-0.3, -0.25) is 9.78 Å². The van der Waals surface area contributed by atoms with Gasteiger partial charge in [-0.05, 0) is 36.2 Å². The fourth-order valence-corrected chi connectivity index (χ4v) is 3.16. The molecule has 0 fully saturated rings. The molecule has 2 nitrogen and oxygen atoms in total. The molecule has 0 unspecified atom stereocenters. The fraction of sp³-hybridized carbons (Fsp3) is 0.0435. The second kappa shape index (κ2) is 6.33. The molecule has 0 aliphatic carbocycles. The number of Topliss-reactive ketones (excluding diaryl/α,β-unsaturated/α-hetero) is 1. The molecule has 3 aromatic carbocycles. The van der Waals surface area contributed by atoms with Gasteiger partial charge in [-0.25, -0.2) is 0 Å². The lowest BCUT2D eigenvalue weighted by Gasteiger charge is -2.14. The van der Waals surface area contributed by atoms with Crippen molar-refractivity contribution < 1.29 is 4.79 Å². The number of carbonyl (C=O) groups excluding carboxylic acids is 1. The van der Waals surface area contributed by atoms with Crippen LogP contribution in [0, 0.1) is 0 Å². The van der Waals surface area contributed by atoms with Gasteiger partial charge >= 0.3 is 0 Å². The van der Waals surface area contributed by atoms with Crippen LogP contribution in [0.2, 0.25) is 0 Å². The summed E-state index contributed by atoms with van der Waals surface area (Å²) < 4.78 is 0. The Bertz CT molecular complexity index is 1050. The van der Waals surface area contributed by atoms with E-state index in [0.29, 0.717) is 5.56 Å². The maximum Gasteiger partial charge on any atom is 0.159 e. The fourth-order valence-electron chi connectivity index (χ4n) is 3.16. The predicted molar refractivity (Wildman–Crippen MR) is 103 cm³/mol. The lowest BCUT2D eigenvalue weighted by Crippen LogP contribution is -1.95. The van der Waals surface area contributed by atoms with E-state index in [4.69, 9.17) is 0 Å². The summed E-state index contributed by atoms with van der Waals surface area (Å²) in [5.41, 5.74) is 6.01. The molecule has 0 aliphatic heterocycles. The molecule has 1 heterocycles. The Labute approximate surface area is 146 Å². The Morgan fingerprint density at radius 1 is 0.800 bits per heavy atom. The van der Waals surface area contributed by atoms with Crippen LogP contribution in [-0.4, -0.2) is 10.8 Å². The monoisotopic (exact) mass is 323 g/mol. The smallest absolute Gasteiger partial charge is 0.159 e. The van der Waals surface area contributed by atoms with Gasteiger partial charge in [-0.1, -0.05) is 60.7 Å². The Kier molecular flexibility index (Phi) is 3.87. The first-order chi connectivity index (χ1) is 12.2. The van der Waals surface area contributed by atoms with Gasteiger partial charge in [0.15, 0.2) is 5.78 Å². The largest absolute Gasteiger partial charge is 0.295 e. The molecule has 0 saturated carbocycles. The molecular formula is C23H17NO. The maximum absolute atomic E-state index is 11.9. The molecule has 0 atom stereocenters. The van der Waals surface area contributed by atoms with Gasteiger partial charge in [0.1, 0.15) is 0 Å². The molecule has 0 radical (unpaired) electrons. The summed E-state index contributed by atoms with van der Waals surface area (Å²) >= 11 is 0. The lowest BCUT2D eigenvalue weighted by molar-refractivity contribution is 0.101. The molecule has 0 N–H and O–H groups in total. The minimum absolute atomic E-state index is 0.0611. The second-order valence-corrected chi connectivity index (χ2v) is 6.07. The van der Waals surface area contributed by atoms with Gasteiger partial charge in [0, 0.05) is 28.3 Å². The minimum atomic E-state index is 0.0611. The van der Waals surface area contributed by atoms with Crippen molar-refractivity contribution in [2.24, 2.45) is 0 Å². The molecule has 4 aromatic rings. The molecule has 0 spiro atoms. The van der Waals surface area contributed by atoms with Crippen molar-refractivity contribution in [2.45, 2.75) is 6.92 Å². The van der Waals surface area contributed by atoms with E-state index in [1.807, 2.05) is 60.8 Å². The Morgan fingerprint density at radius 2 is 1.44 bits per heavy atom. The highest BCUT2D eigenvalue weighted by molar-refractivity contribution is 6.05. The number of pyridine rings is 1. The molecule has 0 saturated heterocycles. The van der Waals surface area contributed by atoms with E-state index >= 15 is 0 Å². The van der Waals surface area contributed by atoms with Crippen LogP contribution in [0.25, 0.3) is 33.2 Å². The van der Waals surface area contributed by atoms with Crippen molar-refractivity contribution in [1.82, 2.24) is 4.98 Å². The number of nitrogens with zero attached hydrogens (tertiary/aromatic N) is 1. The number of rotatable bonds is 3. The third-order valence-electron chi connectivity index (χ3n) is 4.42. The Hall–Kier alpha value is -3.26. The van der Waals surface area contributed by atoms with E-state index in [9.17, 15) is 4.79 Å². The van der Waals surface area contributed by atoms with Crippen LogP contribution in [0.5, 0.6) is 0 Å². The summed E-state index contributed by atoms with van der Waals surface area (Å²) in [5, 5.41) is 1.00. The number of hydrogen-bond donors (Lipinski definition) is 0. The molecule has 2 heteroatoms. The molecule has 25 heavy (non-hydrogen) atoms. The molecular weight excluding hydrogens is 306 g/mol. The zero-order valence-corrected chi connectivity index (χ0v) is 13.9. The first kappa shape index (κ1) is 15.3. The average molecular weight is 323 g/mol. The summed E-state index contributed by atoms with van der Waals surface area (Å²) in [6.45, 7) is 1.60. The summed E-state index contributed by atoms with van der Waals surface area (Å²) in [5.74, 6) is 0.0611. The number of aromatic nitrogens is 1. The first-order valence-electron chi connectivity index (χ1n) is 8.28. The maximum atomic E-state index is 11.9. The third kappa shape index (κ3) is 2.83. The molecule has 0 aliphatic rings. The van der Waals surface area contributed by atoms with Gasteiger partial charge in [-0.2, -0.15) is 0 Å². The summed E-state index contributed by atoms with van der Waals surface area (Å²) in [7, 11) is 0. The number of hydrogen-bond acceptors (Lipinski definition) is 2. The van der Waals surface area contributed by atoms with Gasteiger partial charge in [-0.15, -0.1) is 0 Å². The Morgan fingerprint density at radius 3 is 2.08 bits per heavy atom. The molecule has 0 amide bonds. The van der Waals surface area contributed by atoms with Crippen LogP contribution in [0.15, 0.2) is 85.1 Å². The highest BCUT2D eigenvalue weighted by Crippen LogP contribution is 2.37. The van der Waals surface area contributed by atoms with E-state index in [0.717, 1.165) is 33.2 Å². The van der Waals surface area contributed by atoms with Crippen LogP contribution in [-0.2, 0) is 0 Å². The van der Waals surface area contributed by atoms with Crippen molar-refractivity contribution in [3.05, 3.63) is 90.6 Å². The first-order valence-corrected chi connectivity index (χ1v) is 8.28. The SMILES string of the molecule is CC(=O)c1ccc2ncc(-c3ccccc3)c(-c3ccccc3)c2c1. The van der Waals surface area contributed by atoms with Gasteiger partial charge in [0.2, 0.25) is 0 Å². The van der Waals surface area contributed by atoms with Gasteiger partial charge in [0.25, 0.3) is 0 Å². The van der Waals surface area contributed by atoms with E-state index in [-0.39, 0.29) is 5.78 Å². The molecule has 120 valence electrons. The number of fused-ring (bicyclic) bond motifs is 1. The second-order valence-electron chi connectivity index (χ2n) is 6.07.